The van der Waals surface area contributed by atoms with E-state index in [1.54, 1.807) is 24.3 Å². The number of carbonyl (C=O) groups is 1. The number of benzene rings is 1. The van der Waals surface area contributed by atoms with Gasteiger partial charge >= 0.3 is 0 Å². The highest BCUT2D eigenvalue weighted by atomic mass is 35.5. The quantitative estimate of drug-likeness (QED) is 0.889. The third kappa shape index (κ3) is 3.92. The topological polar surface area (TPSA) is 67.6 Å². The molecule has 1 saturated heterocycles. The molecule has 1 atom stereocenters. The van der Waals surface area contributed by atoms with Crippen molar-refractivity contribution in [2.24, 2.45) is 0 Å². The van der Waals surface area contributed by atoms with Gasteiger partial charge in [0.05, 0.1) is 13.2 Å². The lowest BCUT2D eigenvalue weighted by molar-refractivity contribution is 0.0331. The summed E-state index contributed by atoms with van der Waals surface area (Å²) in [7, 11) is 0. The lowest BCUT2D eigenvalue weighted by Gasteiger charge is -2.27. The standard InChI is InChI=1S/C19H22ClN3O3/c20-14-3-1-2-13(10-14)19(24)21-15-4-5-18-16(11-15)17(22-26-18)12-23-6-8-25-9-7-23/h1-3,10,15H,4-9,11-12H2,(H,21,24). The molecule has 1 aromatic carbocycles. The predicted octanol–water partition coefficient (Wildman–Crippen LogP) is 2.45. The first-order valence-electron chi connectivity index (χ1n) is 9.02. The number of rotatable bonds is 4. The van der Waals surface area contributed by atoms with E-state index in [4.69, 9.17) is 20.9 Å². The van der Waals surface area contributed by atoms with Crippen LogP contribution in [0.15, 0.2) is 28.8 Å². The largest absolute Gasteiger partial charge is 0.379 e. The van der Waals surface area contributed by atoms with Crippen LogP contribution < -0.4 is 5.32 Å². The van der Waals surface area contributed by atoms with Gasteiger partial charge in [-0.1, -0.05) is 22.8 Å². The number of aromatic nitrogens is 1. The normalized spacial score (nSPS) is 20.6. The number of nitrogens with zero attached hydrogens (tertiary/aromatic N) is 2. The molecule has 1 amide bonds. The molecule has 1 fully saturated rings. The number of hydrogen-bond donors (Lipinski definition) is 1. The summed E-state index contributed by atoms with van der Waals surface area (Å²) >= 11 is 5.98. The Morgan fingerprint density at radius 3 is 3.00 bits per heavy atom. The summed E-state index contributed by atoms with van der Waals surface area (Å²) < 4.78 is 10.9. The van der Waals surface area contributed by atoms with Gasteiger partial charge in [0, 0.05) is 48.2 Å². The minimum Gasteiger partial charge on any atom is -0.379 e. The first-order chi connectivity index (χ1) is 12.7. The zero-order valence-electron chi connectivity index (χ0n) is 14.5. The van der Waals surface area contributed by atoms with Crippen LogP contribution in [0.5, 0.6) is 0 Å². The van der Waals surface area contributed by atoms with E-state index in [0.29, 0.717) is 10.6 Å². The predicted molar refractivity (Wildman–Crippen MR) is 97.3 cm³/mol. The molecule has 2 aromatic rings. The van der Waals surface area contributed by atoms with E-state index in [0.717, 1.165) is 69.1 Å². The highest BCUT2D eigenvalue weighted by molar-refractivity contribution is 6.30. The van der Waals surface area contributed by atoms with E-state index in [1.807, 2.05) is 0 Å². The smallest absolute Gasteiger partial charge is 0.251 e. The monoisotopic (exact) mass is 375 g/mol. The maximum Gasteiger partial charge on any atom is 0.251 e. The molecule has 0 saturated carbocycles. The average Bonchev–Trinajstić information content (AvgIpc) is 3.05. The molecular formula is C19H22ClN3O3. The number of morpholine rings is 1. The number of aryl methyl sites for hydroxylation is 1. The van der Waals surface area contributed by atoms with E-state index < -0.39 is 0 Å². The molecule has 0 spiro atoms. The van der Waals surface area contributed by atoms with Gasteiger partial charge in [-0.15, -0.1) is 0 Å². The van der Waals surface area contributed by atoms with Crippen LogP contribution in [-0.2, 0) is 24.1 Å². The third-order valence-electron chi connectivity index (χ3n) is 5.02. The number of halogens is 1. The van der Waals surface area contributed by atoms with E-state index in [-0.39, 0.29) is 11.9 Å². The molecular weight excluding hydrogens is 354 g/mol. The fraction of sp³-hybridized carbons (Fsp3) is 0.474. The fourth-order valence-electron chi connectivity index (χ4n) is 3.58. The van der Waals surface area contributed by atoms with Gasteiger partial charge in [-0.2, -0.15) is 0 Å². The van der Waals surface area contributed by atoms with E-state index in [1.165, 1.54) is 0 Å². The van der Waals surface area contributed by atoms with Crippen molar-refractivity contribution >= 4 is 17.5 Å². The van der Waals surface area contributed by atoms with E-state index in [9.17, 15) is 4.79 Å². The molecule has 0 bridgehead atoms. The maximum absolute atomic E-state index is 12.5. The van der Waals surface area contributed by atoms with E-state index >= 15 is 0 Å². The summed E-state index contributed by atoms with van der Waals surface area (Å²) in [5.41, 5.74) is 2.73. The molecule has 1 aliphatic carbocycles. The minimum atomic E-state index is -0.0906. The molecule has 138 valence electrons. The van der Waals surface area contributed by atoms with Crippen LogP contribution in [0.2, 0.25) is 5.02 Å². The Kier molecular flexibility index (Phi) is 5.24. The molecule has 0 radical (unpaired) electrons. The Balaban J connectivity index is 1.42. The van der Waals surface area contributed by atoms with Crippen LogP contribution in [-0.4, -0.2) is 48.3 Å². The number of hydrogen-bond acceptors (Lipinski definition) is 5. The molecule has 6 nitrogen and oxygen atoms in total. The van der Waals surface area contributed by atoms with Gasteiger partial charge in [0.2, 0.25) is 0 Å². The Labute approximate surface area is 157 Å². The highest BCUT2D eigenvalue weighted by Gasteiger charge is 2.28. The third-order valence-corrected chi connectivity index (χ3v) is 5.26. The van der Waals surface area contributed by atoms with Crippen molar-refractivity contribution in [2.45, 2.75) is 31.8 Å². The van der Waals surface area contributed by atoms with Crippen molar-refractivity contribution in [1.29, 1.82) is 0 Å². The van der Waals surface area contributed by atoms with Crippen molar-refractivity contribution < 1.29 is 14.1 Å². The van der Waals surface area contributed by atoms with Crippen molar-refractivity contribution in [3.05, 3.63) is 51.9 Å². The van der Waals surface area contributed by atoms with E-state index in [2.05, 4.69) is 15.4 Å². The molecule has 2 aliphatic rings. The second-order valence-corrected chi connectivity index (χ2v) is 7.28. The van der Waals surface area contributed by atoms with Crippen LogP contribution in [0.1, 0.15) is 33.8 Å². The molecule has 2 heterocycles. The molecule has 7 heteroatoms. The molecule has 4 rings (SSSR count). The van der Waals surface area contributed by atoms with Crippen molar-refractivity contribution in [2.75, 3.05) is 26.3 Å². The van der Waals surface area contributed by atoms with Crippen LogP contribution in [0.3, 0.4) is 0 Å². The summed E-state index contributed by atoms with van der Waals surface area (Å²) in [6, 6.07) is 7.10. The SMILES string of the molecule is O=C(NC1CCc2onc(CN3CCOCC3)c2C1)c1cccc(Cl)c1. The highest BCUT2D eigenvalue weighted by Crippen LogP contribution is 2.26. The van der Waals surface area contributed by atoms with Gasteiger partial charge in [0.25, 0.3) is 5.91 Å². The maximum atomic E-state index is 12.5. The molecule has 1 aliphatic heterocycles. The van der Waals surface area contributed by atoms with Crippen LogP contribution in [0.4, 0.5) is 0 Å². The number of carbonyl (C=O) groups excluding carboxylic acids is 1. The summed E-state index contributed by atoms with van der Waals surface area (Å²) in [4.78, 5) is 14.8. The Hall–Kier alpha value is -1.89. The summed E-state index contributed by atoms with van der Waals surface area (Å²) in [6.45, 7) is 4.13. The van der Waals surface area contributed by atoms with Gasteiger partial charge in [0.15, 0.2) is 0 Å². The average molecular weight is 376 g/mol. The zero-order chi connectivity index (χ0) is 17.9. The Morgan fingerprint density at radius 2 is 2.19 bits per heavy atom. The summed E-state index contributed by atoms with van der Waals surface area (Å²) in [6.07, 6.45) is 2.41. The van der Waals surface area contributed by atoms with Crippen LogP contribution in [0, 0.1) is 0 Å². The van der Waals surface area contributed by atoms with Gasteiger partial charge in [-0.05, 0) is 31.0 Å². The zero-order valence-corrected chi connectivity index (χ0v) is 15.3. The first kappa shape index (κ1) is 17.5. The summed E-state index contributed by atoms with van der Waals surface area (Å²) in [5.74, 6) is 0.869. The molecule has 26 heavy (non-hydrogen) atoms. The number of nitrogens with one attached hydrogen (secondary N) is 1. The number of amides is 1. The lowest BCUT2D eigenvalue weighted by atomic mass is 9.91. The minimum absolute atomic E-state index is 0.0804. The fourth-order valence-corrected chi connectivity index (χ4v) is 3.77. The van der Waals surface area contributed by atoms with Gasteiger partial charge in [-0.3, -0.25) is 9.69 Å². The second-order valence-electron chi connectivity index (χ2n) is 6.84. The van der Waals surface area contributed by atoms with Crippen molar-refractivity contribution in [3.8, 4) is 0 Å². The van der Waals surface area contributed by atoms with Gasteiger partial charge in [-0.25, -0.2) is 0 Å². The lowest BCUT2D eigenvalue weighted by Crippen LogP contribution is -2.39. The Morgan fingerprint density at radius 1 is 1.35 bits per heavy atom. The van der Waals surface area contributed by atoms with Gasteiger partial charge in [0.1, 0.15) is 11.5 Å². The molecule has 1 N–H and O–H groups in total. The molecule has 1 aromatic heterocycles. The van der Waals surface area contributed by atoms with Gasteiger partial charge < -0.3 is 14.6 Å². The summed E-state index contributed by atoms with van der Waals surface area (Å²) in [5, 5.41) is 7.98. The van der Waals surface area contributed by atoms with Crippen molar-refractivity contribution in [3.63, 3.8) is 0 Å². The number of fused-ring (bicyclic) bond motifs is 1. The first-order valence-corrected chi connectivity index (χ1v) is 9.39. The Bertz CT molecular complexity index is 786. The van der Waals surface area contributed by atoms with Crippen LogP contribution in [0.25, 0.3) is 0 Å². The van der Waals surface area contributed by atoms with Crippen molar-refractivity contribution in [1.82, 2.24) is 15.4 Å². The number of ether oxygens (including phenoxy) is 1. The van der Waals surface area contributed by atoms with Crippen LogP contribution >= 0.6 is 11.6 Å². The molecule has 1 unspecified atom stereocenters. The second kappa shape index (κ2) is 7.78.